The second-order valence-corrected chi connectivity index (χ2v) is 5.83. The van der Waals surface area contributed by atoms with E-state index in [-0.39, 0.29) is 5.91 Å². The van der Waals surface area contributed by atoms with E-state index in [2.05, 4.69) is 27.3 Å². The van der Waals surface area contributed by atoms with E-state index in [1.54, 1.807) is 0 Å². The van der Waals surface area contributed by atoms with E-state index in [0.29, 0.717) is 6.42 Å². The lowest BCUT2D eigenvalue weighted by molar-refractivity contribution is -0.118. The van der Waals surface area contributed by atoms with Crippen LogP contribution < -0.4 is 10.2 Å². The van der Waals surface area contributed by atoms with Gasteiger partial charge in [-0.25, -0.2) is 0 Å². The highest BCUT2D eigenvalue weighted by atomic mass is 79.9. The number of amides is 1. The first-order valence-electron chi connectivity index (χ1n) is 5.60. The highest BCUT2D eigenvalue weighted by Crippen LogP contribution is 2.40. The number of thioether (sulfide) groups is 1. The zero-order chi connectivity index (χ0) is 12.3. The summed E-state index contributed by atoms with van der Waals surface area (Å²) in [5, 5.41) is 3.01. The van der Waals surface area contributed by atoms with Gasteiger partial charge in [0.2, 0.25) is 5.91 Å². The average molecular weight is 315 g/mol. The van der Waals surface area contributed by atoms with E-state index in [1.807, 2.05) is 35.8 Å². The van der Waals surface area contributed by atoms with E-state index in [9.17, 15) is 4.79 Å². The molecule has 1 aliphatic rings. The van der Waals surface area contributed by atoms with Gasteiger partial charge in [-0.3, -0.25) is 4.79 Å². The number of rotatable bonds is 3. The molecule has 1 heterocycles. The van der Waals surface area contributed by atoms with E-state index >= 15 is 0 Å². The molecule has 0 saturated carbocycles. The van der Waals surface area contributed by atoms with Crippen molar-refractivity contribution in [1.29, 1.82) is 0 Å². The minimum Gasteiger partial charge on any atom is -0.319 e. The minimum atomic E-state index is 0.188. The van der Waals surface area contributed by atoms with Crippen LogP contribution in [0.4, 0.5) is 5.69 Å². The molecule has 0 spiro atoms. The van der Waals surface area contributed by atoms with Gasteiger partial charge in [0.25, 0.3) is 0 Å². The van der Waals surface area contributed by atoms with Gasteiger partial charge in [0.1, 0.15) is 0 Å². The van der Waals surface area contributed by atoms with Crippen molar-refractivity contribution in [3.63, 3.8) is 0 Å². The molecule has 0 unspecified atom stereocenters. The molecule has 0 atom stereocenters. The van der Waals surface area contributed by atoms with Crippen molar-refractivity contribution in [3.05, 3.63) is 22.7 Å². The van der Waals surface area contributed by atoms with Crippen molar-refractivity contribution >= 4 is 39.3 Å². The van der Waals surface area contributed by atoms with Crippen molar-refractivity contribution in [2.75, 3.05) is 30.8 Å². The molecule has 0 saturated heterocycles. The van der Waals surface area contributed by atoms with Crippen LogP contribution in [-0.2, 0) is 4.79 Å². The molecule has 3 nitrogen and oxygen atoms in total. The summed E-state index contributed by atoms with van der Waals surface area (Å²) in [6.07, 6.45) is 0.544. The second kappa shape index (κ2) is 5.89. The van der Waals surface area contributed by atoms with Crippen LogP contribution in [0, 0.1) is 0 Å². The lowest BCUT2D eigenvalue weighted by Gasteiger charge is -2.30. The average Bonchev–Trinajstić information content (AvgIpc) is 2.35. The Bertz CT molecular complexity index is 425. The van der Waals surface area contributed by atoms with Gasteiger partial charge in [-0.1, -0.05) is 6.07 Å². The third kappa shape index (κ3) is 2.84. The van der Waals surface area contributed by atoms with Crippen LogP contribution >= 0.6 is 27.7 Å². The fourth-order valence-electron chi connectivity index (χ4n) is 1.85. The molecule has 0 aliphatic carbocycles. The molecule has 0 bridgehead atoms. The molecule has 1 aliphatic heterocycles. The van der Waals surface area contributed by atoms with Gasteiger partial charge in [0.15, 0.2) is 0 Å². The summed E-state index contributed by atoms with van der Waals surface area (Å²) in [7, 11) is 1.86. The molecule has 5 heteroatoms. The van der Waals surface area contributed by atoms with Crippen molar-refractivity contribution in [1.82, 2.24) is 5.32 Å². The number of halogens is 1. The van der Waals surface area contributed by atoms with Crippen LogP contribution in [0.15, 0.2) is 27.6 Å². The van der Waals surface area contributed by atoms with Gasteiger partial charge in [0.05, 0.1) is 5.69 Å². The Morgan fingerprint density at radius 2 is 2.41 bits per heavy atom. The molecule has 2 rings (SSSR count). The van der Waals surface area contributed by atoms with E-state index in [0.717, 1.165) is 29.0 Å². The predicted molar refractivity (Wildman–Crippen MR) is 75.8 cm³/mol. The lowest BCUT2D eigenvalue weighted by atomic mass is 10.2. The van der Waals surface area contributed by atoms with Crippen LogP contribution in [0.3, 0.4) is 0 Å². The van der Waals surface area contributed by atoms with Gasteiger partial charge in [-0.15, -0.1) is 11.8 Å². The van der Waals surface area contributed by atoms with Gasteiger partial charge < -0.3 is 10.2 Å². The van der Waals surface area contributed by atoms with Crippen LogP contribution in [0.25, 0.3) is 0 Å². The summed E-state index contributed by atoms with van der Waals surface area (Å²) < 4.78 is 1.00. The Morgan fingerprint density at radius 1 is 1.59 bits per heavy atom. The normalized spacial score (nSPS) is 14.6. The molecule has 1 amide bonds. The number of hydrogen-bond acceptors (Lipinski definition) is 3. The first kappa shape index (κ1) is 12.9. The number of anilines is 1. The Kier molecular flexibility index (Phi) is 4.48. The molecule has 17 heavy (non-hydrogen) atoms. The zero-order valence-corrected chi connectivity index (χ0v) is 12.1. The number of carbonyl (C=O) groups excluding carboxylic acids is 1. The zero-order valence-electron chi connectivity index (χ0n) is 9.70. The maximum absolute atomic E-state index is 12.1. The molecule has 0 radical (unpaired) electrons. The fourth-order valence-corrected chi connectivity index (χ4v) is 3.59. The summed E-state index contributed by atoms with van der Waals surface area (Å²) in [5.74, 6) is 1.15. The third-order valence-corrected chi connectivity index (χ3v) is 4.35. The standard InChI is InChI=1S/C12H15BrN2OS/c1-14-6-5-11(16)15-7-8-17-10-4-2-3-9(13)12(10)15/h2-4,14H,5-8H2,1H3. The lowest BCUT2D eigenvalue weighted by Crippen LogP contribution is -2.37. The molecule has 1 N–H and O–H groups in total. The van der Waals surface area contributed by atoms with Crippen LogP contribution in [0.2, 0.25) is 0 Å². The Labute approximate surface area is 114 Å². The van der Waals surface area contributed by atoms with Crippen LogP contribution in [0.1, 0.15) is 6.42 Å². The van der Waals surface area contributed by atoms with Crippen molar-refractivity contribution < 1.29 is 4.79 Å². The number of nitrogens with one attached hydrogen (secondary N) is 1. The highest BCUT2D eigenvalue weighted by Gasteiger charge is 2.24. The third-order valence-electron chi connectivity index (χ3n) is 2.68. The van der Waals surface area contributed by atoms with Crippen molar-refractivity contribution in [3.8, 4) is 0 Å². The van der Waals surface area contributed by atoms with Gasteiger partial charge in [-0.2, -0.15) is 0 Å². The molecule has 1 aromatic rings. The predicted octanol–water partition coefficient (Wildman–Crippen LogP) is 2.50. The first-order valence-corrected chi connectivity index (χ1v) is 7.38. The number of carbonyl (C=O) groups is 1. The first-order chi connectivity index (χ1) is 8.24. The van der Waals surface area contributed by atoms with Crippen LogP contribution in [0.5, 0.6) is 0 Å². The number of nitrogens with zero attached hydrogens (tertiary/aromatic N) is 1. The molecule has 92 valence electrons. The number of hydrogen-bond donors (Lipinski definition) is 1. The molecule has 0 fully saturated rings. The Balaban J connectivity index is 2.25. The summed E-state index contributed by atoms with van der Waals surface area (Å²) in [5.41, 5.74) is 1.03. The van der Waals surface area contributed by atoms with Crippen molar-refractivity contribution in [2.24, 2.45) is 0 Å². The summed E-state index contributed by atoms with van der Waals surface area (Å²) >= 11 is 5.34. The largest absolute Gasteiger partial charge is 0.319 e. The fraction of sp³-hybridized carbons (Fsp3) is 0.417. The minimum absolute atomic E-state index is 0.188. The summed E-state index contributed by atoms with van der Waals surface area (Å²) in [6, 6.07) is 6.07. The second-order valence-electron chi connectivity index (χ2n) is 3.83. The number of para-hydroxylation sites is 1. The molecular formula is C12H15BrN2OS. The van der Waals surface area contributed by atoms with Gasteiger partial charge in [0, 0.05) is 34.6 Å². The Hall–Kier alpha value is -0.520. The topological polar surface area (TPSA) is 32.3 Å². The van der Waals surface area contributed by atoms with Gasteiger partial charge >= 0.3 is 0 Å². The molecule has 0 aromatic heterocycles. The SMILES string of the molecule is CNCCC(=O)N1CCSc2cccc(Br)c21. The number of benzene rings is 1. The maximum Gasteiger partial charge on any atom is 0.228 e. The Morgan fingerprint density at radius 3 is 3.18 bits per heavy atom. The van der Waals surface area contributed by atoms with Gasteiger partial charge in [-0.05, 0) is 35.1 Å². The smallest absolute Gasteiger partial charge is 0.228 e. The van der Waals surface area contributed by atoms with E-state index in [4.69, 9.17) is 0 Å². The quantitative estimate of drug-likeness (QED) is 0.930. The number of fused-ring (bicyclic) bond motifs is 1. The summed E-state index contributed by atoms with van der Waals surface area (Å²) in [4.78, 5) is 15.2. The maximum atomic E-state index is 12.1. The molecule has 1 aromatic carbocycles. The summed E-state index contributed by atoms with van der Waals surface area (Å²) in [6.45, 7) is 1.52. The molecular weight excluding hydrogens is 300 g/mol. The van der Waals surface area contributed by atoms with E-state index in [1.165, 1.54) is 4.90 Å². The van der Waals surface area contributed by atoms with E-state index < -0.39 is 0 Å². The van der Waals surface area contributed by atoms with Crippen molar-refractivity contribution in [2.45, 2.75) is 11.3 Å². The monoisotopic (exact) mass is 314 g/mol. The highest BCUT2D eigenvalue weighted by molar-refractivity contribution is 9.10. The van der Waals surface area contributed by atoms with Crippen LogP contribution in [-0.4, -0.2) is 31.8 Å².